The van der Waals surface area contributed by atoms with Crippen LogP contribution in [0.25, 0.3) is 22.3 Å². The van der Waals surface area contributed by atoms with E-state index in [4.69, 9.17) is 24.2 Å². The van der Waals surface area contributed by atoms with Crippen LogP contribution in [0, 0.1) is 17.3 Å². The molecule has 59 heavy (non-hydrogen) atoms. The highest BCUT2D eigenvalue weighted by Gasteiger charge is 2.65. The number of thiazole rings is 1. The van der Waals surface area contributed by atoms with Gasteiger partial charge in [-0.3, -0.25) is 23.7 Å². The van der Waals surface area contributed by atoms with Gasteiger partial charge < -0.3 is 34.6 Å². The van der Waals surface area contributed by atoms with Crippen molar-refractivity contribution in [1.29, 1.82) is 0 Å². The maximum absolute atomic E-state index is 14.9. The van der Waals surface area contributed by atoms with E-state index in [9.17, 15) is 28.6 Å². The van der Waals surface area contributed by atoms with E-state index in [1.807, 2.05) is 46.1 Å². The van der Waals surface area contributed by atoms with Crippen LogP contribution in [0.3, 0.4) is 0 Å². The molecule has 3 aromatic rings. The van der Waals surface area contributed by atoms with Crippen molar-refractivity contribution < 1.29 is 42.8 Å². The number of nitrogens with zero attached hydrogens (tertiary/aromatic N) is 3. The highest BCUT2D eigenvalue weighted by molar-refractivity contribution is 7.61. The quantitative estimate of drug-likeness (QED) is 0.0719. The number of nitrogens with one attached hydrogen (secondary N) is 2. The lowest BCUT2D eigenvalue weighted by molar-refractivity contribution is -0.156. The first kappa shape index (κ1) is 44.2. The molecular weight excluding hydrogens is 794 g/mol. The van der Waals surface area contributed by atoms with Crippen LogP contribution in [0.1, 0.15) is 86.0 Å². The van der Waals surface area contributed by atoms with Gasteiger partial charge in [0.1, 0.15) is 35.6 Å². The molecule has 0 radical (unpaired) electrons. The lowest BCUT2D eigenvalue weighted by atomic mass is 9.77. The molecule has 1 saturated heterocycles. The number of likely N-dealkylation sites (tertiary alicyclic amines) is 1. The maximum Gasteiger partial charge on any atom is 0.306 e. The van der Waals surface area contributed by atoms with Gasteiger partial charge in [-0.05, 0) is 69.4 Å². The van der Waals surface area contributed by atoms with E-state index < -0.39 is 71.7 Å². The summed E-state index contributed by atoms with van der Waals surface area (Å²) >= 11 is 1.46. The number of amides is 2. The van der Waals surface area contributed by atoms with Gasteiger partial charge in [0.05, 0.1) is 48.4 Å². The molecule has 3 N–H and O–H groups in total. The Labute approximate surface area is 350 Å². The Morgan fingerprint density at radius 2 is 1.85 bits per heavy atom. The number of ether oxygens (including phenoxy) is 3. The predicted molar refractivity (Wildman–Crippen MR) is 228 cm³/mol. The number of esters is 1. The number of rotatable bonds is 17. The fourth-order valence-corrected chi connectivity index (χ4v) is 11.6. The summed E-state index contributed by atoms with van der Waals surface area (Å²) in [5.41, 5.74) is 1.10. The van der Waals surface area contributed by atoms with Crippen molar-refractivity contribution in [3.05, 3.63) is 42.3 Å². The summed E-state index contributed by atoms with van der Waals surface area (Å²) in [6.07, 6.45) is 3.42. The van der Waals surface area contributed by atoms with Crippen molar-refractivity contribution in [2.45, 2.75) is 115 Å². The summed E-state index contributed by atoms with van der Waals surface area (Å²) in [5.74, 6) is -2.11. The van der Waals surface area contributed by atoms with Gasteiger partial charge in [0.25, 0.3) is 0 Å². The highest BCUT2D eigenvalue weighted by Crippen LogP contribution is 2.72. The molecule has 0 spiro atoms. The van der Waals surface area contributed by atoms with Gasteiger partial charge in [-0.15, -0.1) is 17.9 Å². The molecule has 3 aliphatic rings. The number of hydrogen-bond acceptors (Lipinski definition) is 12. The molecule has 2 saturated carbocycles. The van der Waals surface area contributed by atoms with E-state index in [1.54, 1.807) is 31.4 Å². The molecule has 6 atom stereocenters. The number of ketones is 1. The minimum absolute atomic E-state index is 0.0147. The molecule has 2 unspecified atom stereocenters. The van der Waals surface area contributed by atoms with E-state index >= 15 is 0 Å². The van der Waals surface area contributed by atoms with E-state index in [0.717, 1.165) is 30.8 Å². The number of carbonyl (C=O) groups excluding carboxylic acids is 4. The zero-order chi connectivity index (χ0) is 42.9. The SMILES string of the molecule is C=C[C@@H]1C[C@]1(CC(=O)[C@@H]1C[C@@H](Oc2cc(-c3csc(NC(C)C)n3)nc3cc(OC)ccc23)CN1C(=O)C(CC(=O)OC1CCCC1)C(C)(C)C)P(=O)(O)CC(=O)NC. The molecule has 0 bridgehead atoms. The van der Waals surface area contributed by atoms with Gasteiger partial charge in [0.15, 0.2) is 10.9 Å². The second kappa shape index (κ2) is 17.7. The average molecular weight is 852 g/mol. The van der Waals surface area contributed by atoms with Gasteiger partial charge in [-0.1, -0.05) is 26.8 Å². The minimum Gasteiger partial charge on any atom is -0.497 e. The Bertz CT molecular complexity index is 2130. The zero-order valence-electron chi connectivity index (χ0n) is 35.1. The zero-order valence-corrected chi connectivity index (χ0v) is 36.8. The Morgan fingerprint density at radius 1 is 1.12 bits per heavy atom. The van der Waals surface area contributed by atoms with E-state index in [0.29, 0.717) is 33.8 Å². The largest absolute Gasteiger partial charge is 0.497 e. The topological polar surface area (TPSA) is 186 Å². The van der Waals surface area contributed by atoms with Gasteiger partial charge in [0, 0.05) is 48.8 Å². The number of anilines is 1. The molecular formula is C43H58N5O9PS. The molecule has 3 fully saturated rings. The van der Waals surface area contributed by atoms with Crippen molar-refractivity contribution in [2.75, 3.05) is 32.2 Å². The van der Waals surface area contributed by atoms with Crippen molar-refractivity contribution in [3.8, 4) is 22.9 Å². The van der Waals surface area contributed by atoms with Crippen molar-refractivity contribution >= 4 is 58.3 Å². The maximum atomic E-state index is 14.9. The van der Waals surface area contributed by atoms with Gasteiger partial charge in [-0.25, -0.2) is 9.97 Å². The number of hydrogen-bond donors (Lipinski definition) is 3. The number of carbonyl (C=O) groups is 4. The molecule has 14 nitrogen and oxygen atoms in total. The second-order valence-electron chi connectivity index (χ2n) is 17.6. The van der Waals surface area contributed by atoms with Gasteiger partial charge >= 0.3 is 5.97 Å². The molecule has 2 aliphatic carbocycles. The highest BCUT2D eigenvalue weighted by atomic mass is 32.1. The summed E-state index contributed by atoms with van der Waals surface area (Å²) in [7, 11) is -1.26. The van der Waals surface area contributed by atoms with Crippen molar-refractivity contribution in [1.82, 2.24) is 20.2 Å². The third kappa shape index (κ3) is 9.84. The summed E-state index contributed by atoms with van der Waals surface area (Å²) in [6, 6.07) is 6.39. The number of fused-ring (bicyclic) bond motifs is 1. The molecule has 1 aliphatic heterocycles. The first-order chi connectivity index (χ1) is 27.9. The first-order valence-corrected chi connectivity index (χ1v) is 23.2. The second-order valence-corrected chi connectivity index (χ2v) is 21.0. The predicted octanol–water partition coefficient (Wildman–Crippen LogP) is 6.99. The third-order valence-electron chi connectivity index (χ3n) is 11.9. The van der Waals surface area contributed by atoms with Gasteiger partial charge in [0.2, 0.25) is 19.2 Å². The standard InChI is InChI=1S/C43H58N5O9PS/c1-9-26-20-43(26,58(53,54)23-38(50)44-7)21-36(49)35-17-29(22-48(35)40(52)31(42(4,5)6)18-39(51)57-27-12-10-11-13-27)56-37-19-33(34-24-59-41(47-34)45-25(2)3)46-32-16-28(55-8)14-15-30(32)37/h9,14-16,19,24-27,29,31,35H,1,10-13,17-18,20-23H2,2-8H3,(H,44,50)(H,45,47)(H,53,54)/t26-,29-,31?,35+,43-/m1/s1. The summed E-state index contributed by atoms with van der Waals surface area (Å²) < 4.78 is 32.0. The molecule has 2 amide bonds. The van der Waals surface area contributed by atoms with Crippen LogP contribution in [-0.2, 0) is 28.5 Å². The number of pyridine rings is 1. The average Bonchev–Trinajstić information content (AvgIpc) is 3.57. The minimum atomic E-state index is -4.22. The lowest BCUT2D eigenvalue weighted by Gasteiger charge is -2.35. The number of methoxy groups -OCH3 is 1. The van der Waals surface area contributed by atoms with Crippen LogP contribution in [0.2, 0.25) is 0 Å². The van der Waals surface area contributed by atoms with Crippen LogP contribution in [0.15, 0.2) is 42.3 Å². The Hall–Kier alpha value is -4.33. The van der Waals surface area contributed by atoms with Crippen LogP contribution in [-0.4, -0.2) is 99.6 Å². The van der Waals surface area contributed by atoms with Crippen molar-refractivity contribution in [2.24, 2.45) is 17.3 Å². The van der Waals surface area contributed by atoms with E-state index in [-0.39, 0.29) is 44.4 Å². The monoisotopic (exact) mass is 851 g/mol. The lowest BCUT2D eigenvalue weighted by Crippen LogP contribution is -2.48. The molecule has 3 heterocycles. The smallest absolute Gasteiger partial charge is 0.306 e. The number of allylic oxidation sites excluding steroid dienone is 1. The first-order valence-electron chi connectivity index (χ1n) is 20.4. The Balaban J connectivity index is 1.35. The molecule has 1 aromatic carbocycles. The summed E-state index contributed by atoms with van der Waals surface area (Å²) in [6.45, 7) is 13.6. The fourth-order valence-electron chi connectivity index (χ4n) is 8.42. The third-order valence-corrected chi connectivity index (χ3v) is 15.4. The van der Waals surface area contributed by atoms with Crippen LogP contribution in [0.5, 0.6) is 11.5 Å². The summed E-state index contributed by atoms with van der Waals surface area (Å²) in [4.78, 5) is 77.7. The van der Waals surface area contributed by atoms with Crippen LogP contribution < -0.4 is 20.1 Å². The fraction of sp³-hybridized carbons (Fsp3) is 0.581. The summed E-state index contributed by atoms with van der Waals surface area (Å²) in [5, 5.41) is 7.69. The van der Waals surface area contributed by atoms with E-state index in [2.05, 4.69) is 17.2 Å². The van der Waals surface area contributed by atoms with Crippen LogP contribution in [0.4, 0.5) is 5.13 Å². The van der Waals surface area contributed by atoms with Crippen molar-refractivity contribution in [3.63, 3.8) is 0 Å². The number of aromatic nitrogens is 2. The van der Waals surface area contributed by atoms with Gasteiger partial charge in [-0.2, -0.15) is 0 Å². The number of benzene rings is 1. The molecule has 320 valence electrons. The normalized spacial score (nSPS) is 23.4. The Morgan fingerprint density at radius 3 is 2.47 bits per heavy atom. The van der Waals surface area contributed by atoms with Crippen LogP contribution >= 0.6 is 18.7 Å². The molecule has 2 aromatic heterocycles. The number of Topliss-reactive ketones (excluding diaryl/α,β-unsaturated/α-hetero) is 1. The Kier molecular flexibility index (Phi) is 13.3. The molecule has 16 heteroatoms. The molecule has 6 rings (SSSR count). The van der Waals surface area contributed by atoms with E-state index in [1.165, 1.54) is 23.3 Å².